The number of carbonyl (C=O) groups excluding carboxylic acids is 1. The minimum Gasteiger partial charge on any atom is -0.480 e. The average Bonchev–Trinajstić information content (AvgIpc) is 2.35. The molecule has 6 nitrogen and oxygen atoms in total. The highest BCUT2D eigenvalue weighted by atomic mass is 16.4. The summed E-state index contributed by atoms with van der Waals surface area (Å²) >= 11 is 0. The van der Waals surface area contributed by atoms with E-state index < -0.39 is 17.9 Å². The predicted octanol–water partition coefficient (Wildman–Crippen LogP) is 0.626. The van der Waals surface area contributed by atoms with Gasteiger partial charge in [-0.25, -0.2) is 14.8 Å². The Labute approximate surface area is 98.4 Å². The Kier molecular flexibility index (Phi) is 4.80. The summed E-state index contributed by atoms with van der Waals surface area (Å²) in [5, 5.41) is 11.3. The molecular formula is C11H13N3O3. The van der Waals surface area contributed by atoms with Crippen molar-refractivity contribution in [1.82, 2.24) is 15.3 Å². The van der Waals surface area contributed by atoms with Crippen LogP contribution in [0, 0.1) is 0 Å². The maximum Gasteiger partial charge on any atom is 0.326 e. The van der Waals surface area contributed by atoms with Gasteiger partial charge in [-0.2, -0.15) is 0 Å². The van der Waals surface area contributed by atoms with E-state index in [1.807, 2.05) is 0 Å². The zero-order valence-electron chi connectivity index (χ0n) is 9.33. The summed E-state index contributed by atoms with van der Waals surface area (Å²) in [5.74, 6) is -1.57. The number of amides is 1. The van der Waals surface area contributed by atoms with Crippen molar-refractivity contribution in [2.45, 2.75) is 19.4 Å². The van der Waals surface area contributed by atoms with Gasteiger partial charge in [-0.3, -0.25) is 4.79 Å². The van der Waals surface area contributed by atoms with Crippen molar-refractivity contribution in [3.05, 3.63) is 36.4 Å². The van der Waals surface area contributed by atoms with Gasteiger partial charge in [0.1, 0.15) is 12.4 Å². The molecule has 0 radical (unpaired) electrons. The third-order valence-electron chi connectivity index (χ3n) is 2.03. The number of rotatable bonds is 5. The van der Waals surface area contributed by atoms with E-state index in [1.54, 1.807) is 19.1 Å². The van der Waals surface area contributed by atoms with Crippen LogP contribution in [-0.4, -0.2) is 33.0 Å². The van der Waals surface area contributed by atoms with E-state index in [0.717, 1.165) is 0 Å². The molecule has 1 atom stereocenters. The molecule has 0 aliphatic heterocycles. The molecule has 1 unspecified atom stereocenters. The Balaban J connectivity index is 2.68. The van der Waals surface area contributed by atoms with Gasteiger partial charge in [0.25, 0.3) is 5.91 Å². The molecule has 0 fully saturated rings. The topological polar surface area (TPSA) is 92.2 Å². The van der Waals surface area contributed by atoms with Crippen LogP contribution in [-0.2, 0) is 4.79 Å². The molecule has 17 heavy (non-hydrogen) atoms. The molecule has 0 aromatic carbocycles. The number of aliphatic carboxylic acids is 1. The van der Waals surface area contributed by atoms with E-state index in [0.29, 0.717) is 0 Å². The zero-order valence-corrected chi connectivity index (χ0v) is 9.33. The van der Waals surface area contributed by atoms with E-state index in [2.05, 4.69) is 15.3 Å². The molecular weight excluding hydrogens is 222 g/mol. The fraction of sp³-hybridized carbons (Fsp3) is 0.273. The molecule has 0 aliphatic rings. The summed E-state index contributed by atoms with van der Waals surface area (Å²) in [6.07, 6.45) is 7.61. The fourth-order valence-corrected chi connectivity index (χ4v) is 1.15. The summed E-state index contributed by atoms with van der Waals surface area (Å²) in [5.41, 5.74) is 0.235. The van der Waals surface area contributed by atoms with E-state index in [-0.39, 0.29) is 12.0 Å². The lowest BCUT2D eigenvalue weighted by atomic mass is 10.2. The minimum absolute atomic E-state index is 0.235. The van der Waals surface area contributed by atoms with Crippen LogP contribution in [0.1, 0.15) is 23.7 Å². The molecule has 0 bridgehead atoms. The van der Waals surface area contributed by atoms with Crippen molar-refractivity contribution in [2.75, 3.05) is 0 Å². The predicted molar refractivity (Wildman–Crippen MR) is 60.4 cm³/mol. The zero-order chi connectivity index (χ0) is 12.7. The second-order valence-electron chi connectivity index (χ2n) is 3.30. The summed E-state index contributed by atoms with van der Waals surface area (Å²) in [6.45, 7) is 1.78. The van der Waals surface area contributed by atoms with Crippen LogP contribution >= 0.6 is 0 Å². The molecule has 0 spiro atoms. The lowest BCUT2D eigenvalue weighted by molar-refractivity contribution is -0.139. The van der Waals surface area contributed by atoms with Gasteiger partial charge in [-0.05, 0) is 13.3 Å². The summed E-state index contributed by atoms with van der Waals surface area (Å²) in [4.78, 5) is 29.9. The fourth-order valence-electron chi connectivity index (χ4n) is 1.15. The molecule has 6 heteroatoms. The number of carboxylic acids is 1. The van der Waals surface area contributed by atoms with Gasteiger partial charge in [0, 0.05) is 12.4 Å². The van der Waals surface area contributed by atoms with Crippen LogP contribution in [0.2, 0.25) is 0 Å². The minimum atomic E-state index is -1.08. The van der Waals surface area contributed by atoms with E-state index in [4.69, 9.17) is 5.11 Å². The molecule has 1 aromatic rings. The Morgan fingerprint density at radius 1 is 1.47 bits per heavy atom. The molecule has 0 saturated carbocycles. The van der Waals surface area contributed by atoms with Crippen molar-refractivity contribution in [2.24, 2.45) is 0 Å². The maximum absolute atomic E-state index is 11.6. The van der Waals surface area contributed by atoms with Crippen molar-refractivity contribution in [3.63, 3.8) is 0 Å². The number of nitrogens with one attached hydrogen (secondary N) is 1. The van der Waals surface area contributed by atoms with Crippen molar-refractivity contribution < 1.29 is 14.7 Å². The van der Waals surface area contributed by atoms with Crippen LogP contribution in [0.4, 0.5) is 0 Å². The van der Waals surface area contributed by atoms with E-state index in [9.17, 15) is 9.59 Å². The van der Waals surface area contributed by atoms with E-state index in [1.165, 1.54) is 18.7 Å². The summed E-state index contributed by atoms with van der Waals surface area (Å²) in [7, 11) is 0. The van der Waals surface area contributed by atoms with Gasteiger partial charge in [0.15, 0.2) is 0 Å². The highest BCUT2D eigenvalue weighted by Crippen LogP contribution is 1.99. The number of allylic oxidation sites excluding steroid dienone is 1. The Bertz CT molecular complexity index is 417. The van der Waals surface area contributed by atoms with Crippen molar-refractivity contribution >= 4 is 11.9 Å². The third-order valence-corrected chi connectivity index (χ3v) is 2.03. The first kappa shape index (κ1) is 12.8. The first-order chi connectivity index (χ1) is 8.15. The van der Waals surface area contributed by atoms with Crippen LogP contribution in [0.5, 0.6) is 0 Å². The van der Waals surface area contributed by atoms with Crippen LogP contribution in [0.25, 0.3) is 0 Å². The SMILES string of the molecule is C/C=C/CC(NC(=O)c1cncnc1)C(=O)O. The molecule has 0 saturated heterocycles. The van der Waals surface area contributed by atoms with E-state index >= 15 is 0 Å². The number of aromatic nitrogens is 2. The van der Waals surface area contributed by atoms with Crippen LogP contribution in [0.3, 0.4) is 0 Å². The quantitative estimate of drug-likeness (QED) is 0.730. The standard InChI is InChI=1S/C11H13N3O3/c1-2-3-4-9(11(16)17)14-10(15)8-5-12-7-13-6-8/h2-3,5-7,9H,4H2,1H3,(H,14,15)(H,16,17)/b3-2+. The van der Waals surface area contributed by atoms with Crippen LogP contribution in [0.15, 0.2) is 30.9 Å². The molecule has 90 valence electrons. The molecule has 2 N–H and O–H groups in total. The smallest absolute Gasteiger partial charge is 0.326 e. The van der Waals surface area contributed by atoms with Gasteiger partial charge >= 0.3 is 5.97 Å². The Morgan fingerprint density at radius 3 is 2.65 bits per heavy atom. The normalized spacial score (nSPS) is 12.3. The Morgan fingerprint density at radius 2 is 2.12 bits per heavy atom. The number of hydrogen-bond acceptors (Lipinski definition) is 4. The van der Waals surface area contributed by atoms with Gasteiger partial charge in [-0.15, -0.1) is 0 Å². The van der Waals surface area contributed by atoms with Gasteiger partial charge in [-0.1, -0.05) is 12.2 Å². The van der Waals surface area contributed by atoms with Gasteiger partial charge < -0.3 is 10.4 Å². The number of nitrogens with zero attached hydrogens (tertiary/aromatic N) is 2. The van der Waals surface area contributed by atoms with Crippen molar-refractivity contribution in [3.8, 4) is 0 Å². The third kappa shape index (κ3) is 4.02. The van der Waals surface area contributed by atoms with Crippen molar-refractivity contribution in [1.29, 1.82) is 0 Å². The first-order valence-corrected chi connectivity index (χ1v) is 5.05. The lowest BCUT2D eigenvalue weighted by Crippen LogP contribution is -2.40. The lowest BCUT2D eigenvalue weighted by Gasteiger charge is -2.12. The first-order valence-electron chi connectivity index (χ1n) is 5.05. The molecule has 1 heterocycles. The molecule has 1 rings (SSSR count). The summed E-state index contributed by atoms with van der Waals surface area (Å²) in [6, 6.07) is -0.945. The number of carbonyl (C=O) groups is 2. The second-order valence-corrected chi connectivity index (χ2v) is 3.30. The monoisotopic (exact) mass is 235 g/mol. The highest BCUT2D eigenvalue weighted by Gasteiger charge is 2.19. The van der Waals surface area contributed by atoms with Gasteiger partial charge in [0.2, 0.25) is 0 Å². The molecule has 0 aliphatic carbocycles. The highest BCUT2D eigenvalue weighted by molar-refractivity contribution is 5.96. The number of carboxylic acid groups (broad SMARTS) is 1. The maximum atomic E-state index is 11.6. The average molecular weight is 235 g/mol. The largest absolute Gasteiger partial charge is 0.480 e. The number of hydrogen-bond donors (Lipinski definition) is 2. The second kappa shape index (κ2) is 6.37. The summed E-state index contributed by atoms with van der Waals surface area (Å²) < 4.78 is 0. The Hall–Kier alpha value is -2.24. The van der Waals surface area contributed by atoms with Crippen LogP contribution < -0.4 is 5.32 Å². The molecule has 1 aromatic heterocycles. The molecule has 1 amide bonds. The van der Waals surface area contributed by atoms with Gasteiger partial charge in [0.05, 0.1) is 5.56 Å².